The van der Waals surface area contributed by atoms with Crippen molar-refractivity contribution >= 4 is 17.1 Å². The topological polar surface area (TPSA) is 21.8 Å². The molecular weight excluding hydrogens is 353 g/mol. The number of hydrogen-bond donors (Lipinski definition) is 1. The van der Waals surface area contributed by atoms with E-state index in [1.54, 1.807) is 6.07 Å². The van der Waals surface area contributed by atoms with Gasteiger partial charge < -0.3 is 15.1 Å². The second-order valence-electron chi connectivity index (χ2n) is 7.00. The summed E-state index contributed by atoms with van der Waals surface area (Å²) in [4.78, 5) is 6.77. The van der Waals surface area contributed by atoms with Crippen LogP contribution < -0.4 is 15.1 Å². The van der Waals surface area contributed by atoms with Crippen molar-refractivity contribution < 1.29 is 13.2 Å². The quantitative estimate of drug-likeness (QED) is 0.881. The Morgan fingerprint density at radius 1 is 0.889 bits per heavy atom. The number of benzene rings is 2. The number of hydrogen-bond acceptors (Lipinski definition) is 4. The van der Waals surface area contributed by atoms with Crippen molar-refractivity contribution in [2.45, 2.75) is 6.18 Å². The van der Waals surface area contributed by atoms with Crippen LogP contribution in [0.3, 0.4) is 0 Å². The molecule has 4 rings (SSSR count). The lowest BCUT2D eigenvalue weighted by atomic mass is 10.1. The first kappa shape index (κ1) is 18.0. The molecule has 2 aromatic rings. The van der Waals surface area contributed by atoms with E-state index in [0.29, 0.717) is 5.69 Å². The highest BCUT2D eigenvalue weighted by Crippen LogP contribution is 2.32. The fourth-order valence-corrected chi connectivity index (χ4v) is 3.76. The maximum atomic E-state index is 12.9. The molecule has 4 nitrogen and oxygen atoms in total. The van der Waals surface area contributed by atoms with Gasteiger partial charge in [0.1, 0.15) is 0 Å². The minimum Gasteiger partial charge on any atom is -0.382 e. The van der Waals surface area contributed by atoms with Crippen LogP contribution in [0.5, 0.6) is 0 Å². The van der Waals surface area contributed by atoms with Crippen LogP contribution in [0, 0.1) is 0 Å². The van der Waals surface area contributed by atoms with E-state index >= 15 is 0 Å². The third-order valence-corrected chi connectivity index (χ3v) is 5.22. The van der Waals surface area contributed by atoms with Gasteiger partial charge in [-0.05, 0) is 30.3 Å². The Morgan fingerprint density at radius 2 is 1.67 bits per heavy atom. The predicted molar refractivity (Wildman–Crippen MR) is 102 cm³/mol. The maximum Gasteiger partial charge on any atom is 0.416 e. The van der Waals surface area contributed by atoms with Crippen LogP contribution in [-0.2, 0) is 6.18 Å². The van der Waals surface area contributed by atoms with Crippen molar-refractivity contribution in [1.82, 2.24) is 4.90 Å². The first-order valence-corrected chi connectivity index (χ1v) is 9.23. The Labute approximate surface area is 157 Å². The second-order valence-corrected chi connectivity index (χ2v) is 7.00. The molecule has 1 fully saturated rings. The summed E-state index contributed by atoms with van der Waals surface area (Å²) in [5, 5.41) is 3.42. The van der Waals surface area contributed by atoms with Crippen molar-refractivity contribution in [3.05, 3.63) is 54.1 Å². The standard InChI is InChI=1S/C20H23F3N4/c21-20(22,23)16-4-3-5-17(14-16)26-12-10-25(11-13-26)15-27-9-8-24-18-6-1-2-7-19(18)27/h1-7,14,24H,8-13,15H2. The van der Waals surface area contributed by atoms with Crippen molar-refractivity contribution in [3.63, 3.8) is 0 Å². The Morgan fingerprint density at radius 3 is 2.44 bits per heavy atom. The molecule has 1 N–H and O–H groups in total. The number of rotatable bonds is 3. The van der Waals surface area contributed by atoms with Gasteiger partial charge in [-0.3, -0.25) is 4.90 Å². The molecule has 0 unspecified atom stereocenters. The minimum absolute atomic E-state index is 0.583. The van der Waals surface area contributed by atoms with E-state index in [1.807, 2.05) is 17.0 Å². The highest BCUT2D eigenvalue weighted by Gasteiger charge is 2.31. The van der Waals surface area contributed by atoms with Crippen molar-refractivity contribution in [1.29, 1.82) is 0 Å². The molecule has 0 bridgehead atoms. The Kier molecular flexibility index (Phi) is 4.86. The van der Waals surface area contributed by atoms with Crippen LogP contribution in [-0.4, -0.2) is 50.8 Å². The number of nitrogens with one attached hydrogen (secondary N) is 1. The lowest BCUT2D eigenvalue weighted by molar-refractivity contribution is -0.137. The van der Waals surface area contributed by atoms with Crippen molar-refractivity contribution in [2.75, 3.05) is 61.1 Å². The van der Waals surface area contributed by atoms with Gasteiger partial charge in [-0.1, -0.05) is 18.2 Å². The van der Waals surface area contributed by atoms with Gasteiger partial charge in [0.05, 0.1) is 23.6 Å². The fourth-order valence-electron chi connectivity index (χ4n) is 3.76. The number of alkyl halides is 3. The summed E-state index contributed by atoms with van der Waals surface area (Å²) in [6.07, 6.45) is -4.30. The third-order valence-electron chi connectivity index (χ3n) is 5.22. The Balaban J connectivity index is 1.38. The fraction of sp³-hybridized carbons (Fsp3) is 0.400. The van der Waals surface area contributed by atoms with Crippen molar-refractivity contribution in [3.8, 4) is 0 Å². The summed E-state index contributed by atoms with van der Waals surface area (Å²) in [5.41, 5.74) is 2.44. The first-order chi connectivity index (χ1) is 13.0. The average molecular weight is 376 g/mol. The molecule has 27 heavy (non-hydrogen) atoms. The number of halogens is 3. The van der Waals surface area contributed by atoms with Gasteiger partial charge >= 0.3 is 6.18 Å². The van der Waals surface area contributed by atoms with E-state index in [1.165, 1.54) is 17.8 Å². The average Bonchev–Trinajstić information content (AvgIpc) is 2.68. The van der Waals surface area contributed by atoms with Crippen molar-refractivity contribution in [2.24, 2.45) is 0 Å². The summed E-state index contributed by atoms with van der Waals surface area (Å²) < 4.78 is 38.8. The van der Waals surface area contributed by atoms with E-state index < -0.39 is 11.7 Å². The van der Waals surface area contributed by atoms with E-state index in [9.17, 15) is 13.2 Å². The van der Waals surface area contributed by atoms with Crippen LogP contribution >= 0.6 is 0 Å². The smallest absolute Gasteiger partial charge is 0.382 e. The Bertz CT molecular complexity index is 785. The number of piperazine rings is 1. The number of nitrogens with zero attached hydrogens (tertiary/aromatic N) is 3. The Hall–Kier alpha value is -2.41. The lowest BCUT2D eigenvalue weighted by Gasteiger charge is -2.41. The monoisotopic (exact) mass is 376 g/mol. The molecule has 0 aromatic heterocycles. The highest BCUT2D eigenvalue weighted by molar-refractivity contribution is 5.71. The molecule has 7 heteroatoms. The number of para-hydroxylation sites is 2. The van der Waals surface area contributed by atoms with Crippen LogP contribution in [0.2, 0.25) is 0 Å². The van der Waals surface area contributed by atoms with Crippen LogP contribution in [0.4, 0.5) is 30.2 Å². The molecule has 2 aromatic carbocycles. The third kappa shape index (κ3) is 3.98. The van der Waals surface area contributed by atoms with Gasteiger partial charge in [-0.15, -0.1) is 0 Å². The van der Waals surface area contributed by atoms with Crippen LogP contribution in [0.15, 0.2) is 48.5 Å². The van der Waals surface area contributed by atoms with Gasteiger partial charge in [-0.2, -0.15) is 13.2 Å². The van der Waals surface area contributed by atoms with Gasteiger partial charge in [0.15, 0.2) is 0 Å². The summed E-state index contributed by atoms with van der Waals surface area (Å²) in [7, 11) is 0. The molecule has 2 heterocycles. The molecule has 0 radical (unpaired) electrons. The summed E-state index contributed by atoms with van der Waals surface area (Å²) in [5.74, 6) is 0. The highest BCUT2D eigenvalue weighted by atomic mass is 19.4. The maximum absolute atomic E-state index is 12.9. The van der Waals surface area contributed by atoms with Gasteiger partial charge in [0.2, 0.25) is 0 Å². The van der Waals surface area contributed by atoms with E-state index in [2.05, 4.69) is 27.2 Å². The van der Waals surface area contributed by atoms with Crippen LogP contribution in [0.25, 0.3) is 0 Å². The first-order valence-electron chi connectivity index (χ1n) is 9.23. The molecule has 1 saturated heterocycles. The molecule has 0 saturated carbocycles. The zero-order chi connectivity index (χ0) is 18.9. The summed E-state index contributed by atoms with van der Waals surface area (Å²) in [6, 6.07) is 13.9. The zero-order valence-electron chi connectivity index (χ0n) is 15.0. The number of anilines is 3. The molecule has 0 amide bonds. The van der Waals surface area contributed by atoms with Gasteiger partial charge in [-0.25, -0.2) is 0 Å². The molecule has 144 valence electrons. The SMILES string of the molecule is FC(F)(F)c1cccc(N2CCN(CN3CCNc4ccccc43)CC2)c1. The van der Waals surface area contributed by atoms with Gasteiger partial charge in [0, 0.05) is 45.0 Å². The molecule has 0 spiro atoms. The molecular formula is C20H23F3N4. The molecule has 2 aliphatic heterocycles. The van der Waals surface area contributed by atoms with E-state index in [-0.39, 0.29) is 0 Å². The second kappa shape index (κ2) is 7.31. The molecule has 0 aliphatic carbocycles. The normalized spacial score (nSPS) is 18.2. The largest absolute Gasteiger partial charge is 0.416 e. The van der Waals surface area contributed by atoms with Crippen LogP contribution in [0.1, 0.15) is 5.56 Å². The summed E-state index contributed by atoms with van der Waals surface area (Å²) in [6.45, 7) is 5.84. The lowest BCUT2D eigenvalue weighted by Crippen LogP contribution is -2.51. The van der Waals surface area contributed by atoms with E-state index in [4.69, 9.17) is 0 Å². The van der Waals surface area contributed by atoms with E-state index in [0.717, 1.165) is 57.7 Å². The predicted octanol–water partition coefficient (Wildman–Crippen LogP) is 3.72. The minimum atomic E-state index is -4.30. The zero-order valence-corrected chi connectivity index (χ0v) is 15.0. The molecule has 2 aliphatic rings. The summed E-state index contributed by atoms with van der Waals surface area (Å²) >= 11 is 0. The molecule has 0 atom stereocenters. The number of fused-ring (bicyclic) bond motifs is 1. The van der Waals surface area contributed by atoms with Gasteiger partial charge in [0.25, 0.3) is 0 Å².